The third kappa shape index (κ3) is 73.3. The third-order valence-corrected chi connectivity index (χ3v) is 17.8. The number of phosphoric acid groups is 2. The maximum absolute atomic E-state index is 12.9. The van der Waals surface area contributed by atoms with Gasteiger partial charge >= 0.3 is 33.6 Å². The lowest BCUT2D eigenvalue weighted by Gasteiger charge is -2.21. The number of ether oxygens (including phenoxy) is 3. The van der Waals surface area contributed by atoms with Crippen LogP contribution >= 0.6 is 15.6 Å². The van der Waals surface area contributed by atoms with Gasteiger partial charge in [-0.1, -0.05) is 284 Å². The molecule has 0 spiro atoms. The average molecular weight is 1410 g/mol. The number of allylic oxidation sites excluding steroid dienone is 18. The van der Waals surface area contributed by atoms with Gasteiger partial charge in [0, 0.05) is 19.3 Å². The van der Waals surface area contributed by atoms with Gasteiger partial charge in [0.05, 0.1) is 26.4 Å². The number of aliphatic hydroxyl groups excluding tert-OH is 2. The summed E-state index contributed by atoms with van der Waals surface area (Å²) in [7, 11) is -9.78. The first kappa shape index (κ1) is 93.2. The van der Waals surface area contributed by atoms with Crippen molar-refractivity contribution < 1.29 is 75.8 Å². The van der Waals surface area contributed by atoms with Crippen LogP contribution < -0.4 is 0 Å². The second-order valence-electron chi connectivity index (χ2n) is 25.4. The number of hydrogen-bond donors (Lipinski definition) is 4. The minimum atomic E-state index is -4.93. The van der Waals surface area contributed by atoms with Gasteiger partial charge in [-0.15, -0.1) is 0 Å². The van der Waals surface area contributed by atoms with Crippen molar-refractivity contribution in [2.75, 3.05) is 39.6 Å². The predicted molar refractivity (Wildman–Crippen MR) is 399 cm³/mol. The lowest BCUT2D eigenvalue weighted by Crippen LogP contribution is -2.30. The van der Waals surface area contributed by atoms with Crippen LogP contribution in [0.25, 0.3) is 0 Å². The Labute approximate surface area is 590 Å². The van der Waals surface area contributed by atoms with Crippen LogP contribution in [0, 0.1) is 0 Å². The molecule has 0 aliphatic heterocycles. The third-order valence-electron chi connectivity index (χ3n) is 15.9. The molecule has 18 heteroatoms. The Morgan fingerprint density at radius 1 is 0.299 bits per heavy atom. The quantitative estimate of drug-likeness (QED) is 0.0146. The molecule has 0 radical (unpaired) electrons. The summed E-state index contributed by atoms with van der Waals surface area (Å²) in [4.78, 5) is 58.4. The molecule has 5 unspecified atom stereocenters. The highest BCUT2D eigenvalue weighted by atomic mass is 31.2. The van der Waals surface area contributed by atoms with Crippen molar-refractivity contribution in [3.8, 4) is 0 Å². The number of hydrogen-bond acceptors (Lipinski definition) is 14. The van der Waals surface area contributed by atoms with Crippen LogP contribution in [-0.2, 0) is 55.8 Å². The maximum atomic E-state index is 12.9. The van der Waals surface area contributed by atoms with Gasteiger partial charge in [-0.3, -0.25) is 32.5 Å². The van der Waals surface area contributed by atoms with E-state index in [1.54, 1.807) is 0 Å². The highest BCUT2D eigenvalue weighted by Crippen LogP contribution is 2.45. The molecule has 0 rings (SSSR count). The molecule has 97 heavy (non-hydrogen) atoms. The Kier molecular flexibility index (Phi) is 69.2. The second kappa shape index (κ2) is 72.0. The van der Waals surface area contributed by atoms with Crippen LogP contribution in [0.1, 0.15) is 316 Å². The first-order chi connectivity index (χ1) is 47.2. The number of rotatable bonds is 72. The zero-order valence-corrected chi connectivity index (χ0v) is 62.8. The number of unbranched alkanes of at least 4 members (excludes halogenated alkanes) is 31. The monoisotopic (exact) mass is 1400 g/mol. The minimum absolute atomic E-state index is 0.0875. The molecule has 0 bridgehead atoms. The van der Waals surface area contributed by atoms with Crippen LogP contribution in [0.4, 0.5) is 0 Å². The lowest BCUT2D eigenvalue weighted by atomic mass is 10.0. The van der Waals surface area contributed by atoms with Crippen LogP contribution in [-0.4, -0.2) is 95.9 Å². The Hall–Kier alpha value is -3.79. The van der Waals surface area contributed by atoms with Crippen LogP contribution in [0.2, 0.25) is 0 Å². The molecule has 560 valence electrons. The Morgan fingerprint density at radius 3 is 0.918 bits per heavy atom. The van der Waals surface area contributed by atoms with Crippen molar-refractivity contribution in [1.82, 2.24) is 0 Å². The van der Waals surface area contributed by atoms with Crippen molar-refractivity contribution in [3.63, 3.8) is 0 Å². The summed E-state index contributed by atoms with van der Waals surface area (Å²) in [5.74, 6) is -1.59. The molecule has 5 atom stereocenters. The van der Waals surface area contributed by atoms with Crippen molar-refractivity contribution >= 4 is 33.6 Å². The van der Waals surface area contributed by atoms with E-state index in [-0.39, 0.29) is 19.3 Å². The summed E-state index contributed by atoms with van der Waals surface area (Å²) >= 11 is 0. The predicted octanol–water partition coefficient (Wildman–Crippen LogP) is 22.0. The van der Waals surface area contributed by atoms with Gasteiger partial charge in [0.1, 0.15) is 25.4 Å². The van der Waals surface area contributed by atoms with Gasteiger partial charge in [0.15, 0.2) is 6.10 Å². The van der Waals surface area contributed by atoms with E-state index in [1.165, 1.54) is 103 Å². The number of esters is 3. The molecule has 0 aromatic carbocycles. The molecule has 0 saturated heterocycles. The highest BCUT2D eigenvalue weighted by Gasteiger charge is 2.29. The highest BCUT2D eigenvalue weighted by molar-refractivity contribution is 7.47. The molecule has 16 nitrogen and oxygen atoms in total. The fourth-order valence-corrected chi connectivity index (χ4v) is 11.7. The average Bonchev–Trinajstić information content (AvgIpc) is 1.49. The smallest absolute Gasteiger partial charge is 0.463 e. The molecular formula is C79H138O16P2. The topological polar surface area (TPSA) is 231 Å². The molecule has 0 heterocycles. The first-order valence-electron chi connectivity index (χ1n) is 38.2. The molecule has 0 aliphatic rings. The standard InChI is InChI=1S/C79H138O16P2/c1-4-7-10-13-16-19-22-25-27-28-29-30-31-32-33-34-35-36-37-38-39-40-41-42-43-44-46-49-50-53-56-59-62-65-77(82)89-68-74(80)69-91-96(85,86)92-70-75(81)71-93-97(87,88)94-73-76(95-79(84)67-64-61-58-55-52-47-24-21-18-15-12-9-6-3)72-90-78(83)66-63-60-57-54-51-48-45-26-23-20-17-14-11-8-5-2/h7,10,12,15-16,19,21,24-27,29-30,32-33,35-36,45,74-76,80-81H,4-6,8-9,11,13-14,17-18,20,22-23,28,31,34,37-44,46-73H2,1-3H3,(H,85,86)(H,87,88)/b10-7-,15-12-,19-16-,24-21-,27-25-,30-29-,33-32-,36-35-,45-26-. The van der Waals surface area contributed by atoms with Gasteiger partial charge in [-0.25, -0.2) is 9.13 Å². The Morgan fingerprint density at radius 2 is 0.567 bits per heavy atom. The molecule has 4 N–H and O–H groups in total. The van der Waals surface area contributed by atoms with E-state index in [0.717, 1.165) is 154 Å². The van der Waals surface area contributed by atoms with Crippen molar-refractivity contribution in [2.24, 2.45) is 0 Å². The molecule has 0 aliphatic carbocycles. The molecule has 0 amide bonds. The summed E-state index contributed by atoms with van der Waals surface area (Å²) in [6.45, 7) is 2.48. The van der Waals surface area contributed by atoms with E-state index in [2.05, 4.69) is 130 Å². The zero-order valence-electron chi connectivity index (χ0n) is 61.0. The Bertz CT molecular complexity index is 2200. The second-order valence-corrected chi connectivity index (χ2v) is 28.3. The van der Waals surface area contributed by atoms with Crippen molar-refractivity contribution in [1.29, 1.82) is 0 Å². The summed E-state index contributed by atoms with van der Waals surface area (Å²) in [5.41, 5.74) is 0. The van der Waals surface area contributed by atoms with E-state index in [4.69, 9.17) is 32.3 Å². The van der Waals surface area contributed by atoms with Gasteiger partial charge in [-0.05, 0) is 122 Å². The minimum Gasteiger partial charge on any atom is -0.463 e. The van der Waals surface area contributed by atoms with Crippen LogP contribution in [0.15, 0.2) is 109 Å². The van der Waals surface area contributed by atoms with Crippen LogP contribution in [0.5, 0.6) is 0 Å². The SMILES string of the molecule is CC/C=C\C/C=C\C/C=C\C/C=C\C/C=C\C/C=C\CCCCCCCCCCCCCCCCC(=O)OCC(O)COP(=O)(O)OCC(O)COP(=O)(O)OCC(COC(=O)CCCCCCC/C=C\CCCCCCCC)OC(=O)CCCCCCC/C=C\C/C=C\CCC. The van der Waals surface area contributed by atoms with Gasteiger partial charge < -0.3 is 34.2 Å². The lowest BCUT2D eigenvalue weighted by molar-refractivity contribution is -0.161. The summed E-state index contributed by atoms with van der Waals surface area (Å²) in [6.07, 6.45) is 83.0. The maximum Gasteiger partial charge on any atom is 0.472 e. The van der Waals surface area contributed by atoms with Gasteiger partial charge in [0.2, 0.25) is 0 Å². The number of carbonyl (C=O) groups excluding carboxylic acids is 3. The van der Waals surface area contributed by atoms with Crippen molar-refractivity contribution in [2.45, 2.75) is 334 Å². The first-order valence-corrected chi connectivity index (χ1v) is 41.2. The molecule has 0 aromatic heterocycles. The molecule has 0 saturated carbocycles. The normalized spacial score (nSPS) is 14.7. The fraction of sp³-hybridized carbons (Fsp3) is 0.734. The number of carbonyl (C=O) groups is 3. The summed E-state index contributed by atoms with van der Waals surface area (Å²) < 4.78 is 61.0. The summed E-state index contributed by atoms with van der Waals surface area (Å²) in [6, 6.07) is 0. The molecule has 0 aromatic rings. The molecular weight excluding hydrogens is 1270 g/mol. The number of aliphatic hydroxyl groups is 2. The van der Waals surface area contributed by atoms with E-state index in [1.807, 2.05) is 0 Å². The van der Waals surface area contributed by atoms with E-state index in [0.29, 0.717) is 19.3 Å². The molecule has 0 fully saturated rings. The van der Waals surface area contributed by atoms with Gasteiger partial charge in [-0.2, -0.15) is 0 Å². The number of phosphoric ester groups is 2. The largest absolute Gasteiger partial charge is 0.472 e. The van der Waals surface area contributed by atoms with E-state index in [9.17, 15) is 43.5 Å². The fourth-order valence-electron chi connectivity index (χ4n) is 10.1. The van der Waals surface area contributed by atoms with E-state index >= 15 is 0 Å². The van der Waals surface area contributed by atoms with Crippen LogP contribution in [0.3, 0.4) is 0 Å². The van der Waals surface area contributed by atoms with Gasteiger partial charge in [0.25, 0.3) is 0 Å². The van der Waals surface area contributed by atoms with Crippen molar-refractivity contribution in [3.05, 3.63) is 109 Å². The summed E-state index contributed by atoms with van der Waals surface area (Å²) in [5, 5.41) is 20.6. The zero-order chi connectivity index (χ0) is 70.9. The Balaban J connectivity index is 4.38. The van der Waals surface area contributed by atoms with E-state index < -0.39 is 91.5 Å².